The molecule has 2 aromatic heterocycles. The number of ether oxygens (including phenoxy) is 2. The summed E-state index contributed by atoms with van der Waals surface area (Å²) in [5.41, 5.74) is 1.31. The molecule has 1 aromatic carbocycles. The van der Waals surface area contributed by atoms with Crippen LogP contribution in [0.15, 0.2) is 35.4 Å². The number of methoxy groups -OCH3 is 1. The SMILES string of the molecule is CCN1CCN(CCCCCCOc2c(OC)ccc3c(Nc4c(Cl)cncc4Cl)cc(=O)[nH]c23)CC1. The topological polar surface area (TPSA) is 82.7 Å². The first-order valence-corrected chi connectivity index (χ1v) is 13.6. The van der Waals surface area contributed by atoms with Gasteiger partial charge in [-0.3, -0.25) is 9.78 Å². The van der Waals surface area contributed by atoms with Crippen LogP contribution in [0.2, 0.25) is 10.0 Å². The van der Waals surface area contributed by atoms with Crippen molar-refractivity contribution in [3.63, 3.8) is 0 Å². The molecule has 4 rings (SSSR count). The molecule has 37 heavy (non-hydrogen) atoms. The maximum absolute atomic E-state index is 12.6. The lowest BCUT2D eigenvalue weighted by molar-refractivity contribution is 0.135. The fourth-order valence-electron chi connectivity index (χ4n) is 4.65. The van der Waals surface area contributed by atoms with Crippen LogP contribution in [0.1, 0.15) is 32.6 Å². The van der Waals surface area contributed by atoms with E-state index in [0.29, 0.717) is 45.0 Å². The number of pyridine rings is 2. The number of halogens is 2. The highest BCUT2D eigenvalue weighted by molar-refractivity contribution is 6.39. The number of hydrogen-bond donors (Lipinski definition) is 2. The predicted octanol–water partition coefficient (Wildman–Crippen LogP) is 5.56. The van der Waals surface area contributed by atoms with Crippen LogP contribution in [0, 0.1) is 0 Å². The maximum Gasteiger partial charge on any atom is 0.250 e. The van der Waals surface area contributed by atoms with Gasteiger partial charge >= 0.3 is 0 Å². The number of nitrogens with one attached hydrogen (secondary N) is 2. The third kappa shape index (κ3) is 7.08. The van der Waals surface area contributed by atoms with Crippen molar-refractivity contribution in [1.82, 2.24) is 19.8 Å². The summed E-state index contributed by atoms with van der Waals surface area (Å²) in [7, 11) is 1.59. The number of aromatic nitrogens is 2. The zero-order chi connectivity index (χ0) is 26.2. The van der Waals surface area contributed by atoms with Crippen molar-refractivity contribution in [3.05, 3.63) is 51.0 Å². The molecule has 0 saturated carbocycles. The number of rotatable bonds is 12. The number of nitrogens with zero attached hydrogens (tertiary/aromatic N) is 3. The number of unbranched alkanes of at least 4 members (excludes halogenated alkanes) is 3. The average molecular weight is 549 g/mol. The molecular weight excluding hydrogens is 513 g/mol. The number of H-pyrrole nitrogens is 1. The van der Waals surface area contributed by atoms with Crippen molar-refractivity contribution in [1.29, 1.82) is 0 Å². The molecule has 1 aliphatic rings. The van der Waals surface area contributed by atoms with E-state index >= 15 is 0 Å². The summed E-state index contributed by atoms with van der Waals surface area (Å²) in [5.74, 6) is 1.08. The van der Waals surface area contributed by atoms with Gasteiger partial charge in [0.15, 0.2) is 11.5 Å². The lowest BCUT2D eigenvalue weighted by Gasteiger charge is -2.33. The van der Waals surface area contributed by atoms with Gasteiger partial charge in [0.25, 0.3) is 5.56 Å². The molecule has 1 fully saturated rings. The Labute approximate surface area is 227 Å². The number of piperazine rings is 1. The van der Waals surface area contributed by atoms with Crippen LogP contribution in [0.3, 0.4) is 0 Å². The molecule has 10 heteroatoms. The second-order valence-electron chi connectivity index (χ2n) is 9.21. The zero-order valence-corrected chi connectivity index (χ0v) is 23.0. The highest BCUT2D eigenvalue weighted by Gasteiger charge is 2.17. The molecule has 3 heterocycles. The number of fused-ring (bicyclic) bond motifs is 1. The van der Waals surface area contributed by atoms with Crippen molar-refractivity contribution in [3.8, 4) is 11.5 Å². The first-order valence-electron chi connectivity index (χ1n) is 12.9. The van der Waals surface area contributed by atoms with Crippen molar-refractivity contribution in [2.45, 2.75) is 32.6 Å². The third-order valence-electron chi connectivity index (χ3n) is 6.80. The van der Waals surface area contributed by atoms with Crippen molar-refractivity contribution < 1.29 is 9.47 Å². The molecule has 200 valence electrons. The Bertz CT molecular complexity index is 1220. The Hall–Kier alpha value is -2.52. The normalized spacial score (nSPS) is 14.7. The Morgan fingerprint density at radius 3 is 2.43 bits per heavy atom. The van der Waals surface area contributed by atoms with E-state index in [0.717, 1.165) is 31.3 Å². The van der Waals surface area contributed by atoms with Crippen LogP contribution >= 0.6 is 23.2 Å². The summed E-state index contributed by atoms with van der Waals surface area (Å²) >= 11 is 12.6. The minimum Gasteiger partial charge on any atom is -0.493 e. The molecule has 2 N–H and O–H groups in total. The molecule has 0 unspecified atom stereocenters. The molecule has 0 amide bonds. The Balaban J connectivity index is 1.37. The molecular formula is C27H35Cl2N5O3. The second kappa shape index (κ2) is 13.3. The largest absolute Gasteiger partial charge is 0.493 e. The molecule has 0 spiro atoms. The molecule has 0 bridgehead atoms. The van der Waals surface area contributed by atoms with Crippen LogP contribution in [-0.4, -0.2) is 72.8 Å². The van der Waals surface area contributed by atoms with E-state index in [4.69, 9.17) is 32.7 Å². The molecule has 0 atom stereocenters. The molecule has 0 radical (unpaired) electrons. The summed E-state index contributed by atoms with van der Waals surface area (Å²) in [5, 5.41) is 4.65. The Morgan fingerprint density at radius 1 is 1.03 bits per heavy atom. The Kier molecular flexibility index (Phi) is 9.91. The summed E-state index contributed by atoms with van der Waals surface area (Å²) in [4.78, 5) is 24.5. The van der Waals surface area contributed by atoms with E-state index < -0.39 is 0 Å². The van der Waals surface area contributed by atoms with E-state index in [1.165, 1.54) is 57.5 Å². The van der Waals surface area contributed by atoms with Gasteiger partial charge in [-0.25, -0.2) is 0 Å². The van der Waals surface area contributed by atoms with E-state index in [2.05, 4.69) is 32.0 Å². The van der Waals surface area contributed by atoms with Gasteiger partial charge in [-0.2, -0.15) is 0 Å². The molecule has 8 nitrogen and oxygen atoms in total. The van der Waals surface area contributed by atoms with Crippen LogP contribution in [-0.2, 0) is 0 Å². The van der Waals surface area contributed by atoms with E-state index in [-0.39, 0.29) is 5.56 Å². The quantitative estimate of drug-likeness (QED) is 0.287. The summed E-state index contributed by atoms with van der Waals surface area (Å²) in [6, 6.07) is 5.16. The monoisotopic (exact) mass is 547 g/mol. The van der Waals surface area contributed by atoms with Crippen molar-refractivity contribution in [2.75, 3.05) is 58.3 Å². The van der Waals surface area contributed by atoms with Gasteiger partial charge in [0.05, 0.1) is 40.7 Å². The fraction of sp³-hybridized carbons (Fsp3) is 0.481. The molecule has 0 aliphatic carbocycles. The van der Waals surface area contributed by atoms with Crippen molar-refractivity contribution >= 4 is 45.5 Å². The Morgan fingerprint density at radius 2 is 1.73 bits per heavy atom. The smallest absolute Gasteiger partial charge is 0.250 e. The highest BCUT2D eigenvalue weighted by atomic mass is 35.5. The van der Waals surface area contributed by atoms with Gasteiger partial charge in [-0.05, 0) is 38.1 Å². The minimum atomic E-state index is -0.283. The van der Waals surface area contributed by atoms with Crippen LogP contribution in [0.5, 0.6) is 11.5 Å². The average Bonchev–Trinajstić information content (AvgIpc) is 2.90. The number of hydrogen-bond acceptors (Lipinski definition) is 7. The number of benzene rings is 1. The van der Waals surface area contributed by atoms with Gasteiger partial charge in [0.2, 0.25) is 0 Å². The number of anilines is 2. The molecule has 3 aromatic rings. The van der Waals surface area contributed by atoms with Crippen LogP contribution in [0.4, 0.5) is 11.4 Å². The van der Waals surface area contributed by atoms with Gasteiger partial charge in [0, 0.05) is 50.0 Å². The summed E-state index contributed by atoms with van der Waals surface area (Å²) < 4.78 is 11.7. The standard InChI is InChI=1S/C27H35Cl2N5O3/c1-3-33-11-13-34(14-12-33)10-6-4-5-7-15-37-27-23(36-2)9-8-19-22(16-24(35)32-25(19)27)31-26-20(28)17-30-18-21(26)29/h8-9,16-18H,3-7,10-15H2,1-2H3,(H2,30,31,32,35). The third-order valence-corrected chi connectivity index (χ3v) is 7.37. The van der Waals surface area contributed by atoms with Crippen LogP contribution < -0.4 is 20.3 Å². The van der Waals surface area contributed by atoms with Crippen molar-refractivity contribution in [2.24, 2.45) is 0 Å². The zero-order valence-electron chi connectivity index (χ0n) is 21.5. The van der Waals surface area contributed by atoms with Gasteiger partial charge in [-0.1, -0.05) is 43.0 Å². The molecule has 1 aliphatic heterocycles. The predicted molar refractivity (Wildman–Crippen MR) is 151 cm³/mol. The van der Waals surface area contributed by atoms with Gasteiger partial charge in [-0.15, -0.1) is 0 Å². The lowest BCUT2D eigenvalue weighted by atomic mass is 10.1. The molecule has 1 saturated heterocycles. The maximum atomic E-state index is 12.6. The van der Waals surface area contributed by atoms with Gasteiger partial charge in [0.1, 0.15) is 0 Å². The fourth-order valence-corrected chi connectivity index (χ4v) is 5.11. The van der Waals surface area contributed by atoms with E-state index in [1.54, 1.807) is 7.11 Å². The number of aromatic amines is 1. The second-order valence-corrected chi connectivity index (χ2v) is 10.0. The number of likely N-dealkylation sites (N-methyl/N-ethyl adjacent to an activating group) is 1. The first kappa shape index (κ1) is 27.5. The summed E-state index contributed by atoms with van der Waals surface area (Å²) in [6.45, 7) is 9.78. The van der Waals surface area contributed by atoms with Gasteiger partial charge < -0.3 is 29.6 Å². The van der Waals surface area contributed by atoms with E-state index in [9.17, 15) is 4.79 Å². The summed E-state index contributed by atoms with van der Waals surface area (Å²) in [6.07, 6.45) is 7.37. The van der Waals surface area contributed by atoms with Crippen LogP contribution in [0.25, 0.3) is 10.9 Å². The minimum absolute atomic E-state index is 0.283. The lowest BCUT2D eigenvalue weighted by Crippen LogP contribution is -2.46. The van der Waals surface area contributed by atoms with E-state index in [1.807, 2.05) is 12.1 Å². The highest BCUT2D eigenvalue weighted by Crippen LogP contribution is 2.39. The first-order chi connectivity index (χ1) is 18.0.